The first-order valence-electron chi connectivity index (χ1n) is 3.87. The smallest absolute Gasteiger partial charge is 0.225 e. The molecule has 1 heterocycles. The van der Waals surface area contributed by atoms with Crippen molar-refractivity contribution in [2.75, 3.05) is 0 Å². The van der Waals surface area contributed by atoms with Crippen LogP contribution >= 0.6 is 0 Å². The van der Waals surface area contributed by atoms with Crippen molar-refractivity contribution in [3.8, 4) is 6.07 Å². The number of aromatic nitrogens is 1. The molecule has 2 nitrogen and oxygen atoms in total. The summed E-state index contributed by atoms with van der Waals surface area (Å²) in [5.74, 6) is -1.19. The molecule has 0 N–H and O–H groups in total. The molecule has 14 heavy (non-hydrogen) atoms. The molecule has 74 valence electrons. The molecule has 0 aromatic carbocycles. The van der Waals surface area contributed by atoms with E-state index in [4.69, 9.17) is 5.26 Å². The first kappa shape index (κ1) is 10.5. The lowest BCUT2D eigenvalue weighted by atomic mass is 10.1. The van der Waals surface area contributed by atoms with Gasteiger partial charge in [-0.25, -0.2) is 13.8 Å². The zero-order valence-electron chi connectivity index (χ0n) is 7.39. The number of halogens is 3. The molecule has 0 saturated carbocycles. The van der Waals surface area contributed by atoms with E-state index in [1.165, 1.54) is 13.0 Å². The van der Waals surface area contributed by atoms with Gasteiger partial charge in [0.2, 0.25) is 5.95 Å². The molecule has 5 heteroatoms. The van der Waals surface area contributed by atoms with E-state index < -0.39 is 17.9 Å². The average molecular weight is 200 g/mol. The third-order valence-electron chi connectivity index (χ3n) is 1.71. The minimum absolute atomic E-state index is 0.00694. The lowest BCUT2D eigenvalue weighted by Crippen LogP contribution is -2.02. The Balaban J connectivity index is 3.30. The summed E-state index contributed by atoms with van der Waals surface area (Å²) in [6, 6.07) is 3.01. The van der Waals surface area contributed by atoms with Crippen LogP contribution in [0.15, 0.2) is 6.07 Å². The molecule has 0 aliphatic heterocycles. The van der Waals surface area contributed by atoms with Crippen LogP contribution in [-0.2, 0) is 6.42 Å². The first-order valence-corrected chi connectivity index (χ1v) is 3.87. The van der Waals surface area contributed by atoms with Crippen LogP contribution in [0.2, 0.25) is 0 Å². The Morgan fingerprint density at radius 2 is 2.21 bits per heavy atom. The SMILES string of the molecule is Cc1cc(CC#N)c(C(F)F)c(F)n1. The summed E-state index contributed by atoms with van der Waals surface area (Å²) in [6.07, 6.45) is -3.17. The molecule has 1 aromatic heterocycles. The summed E-state index contributed by atoms with van der Waals surface area (Å²) in [5.41, 5.74) is -0.471. The Bertz CT molecular complexity index is 382. The second-order valence-electron chi connectivity index (χ2n) is 2.76. The summed E-state index contributed by atoms with van der Waals surface area (Å²) in [5, 5.41) is 8.37. The highest BCUT2D eigenvalue weighted by Crippen LogP contribution is 2.25. The number of hydrogen-bond acceptors (Lipinski definition) is 2. The van der Waals surface area contributed by atoms with Crippen molar-refractivity contribution in [1.82, 2.24) is 4.98 Å². The van der Waals surface area contributed by atoms with Crippen LogP contribution in [0.3, 0.4) is 0 Å². The minimum Gasteiger partial charge on any atom is -0.225 e. The zero-order valence-corrected chi connectivity index (χ0v) is 7.39. The van der Waals surface area contributed by atoms with Crippen molar-refractivity contribution in [2.45, 2.75) is 19.8 Å². The van der Waals surface area contributed by atoms with Gasteiger partial charge >= 0.3 is 0 Å². The lowest BCUT2D eigenvalue weighted by Gasteiger charge is -2.07. The largest absolute Gasteiger partial charge is 0.268 e. The van der Waals surface area contributed by atoms with Crippen LogP contribution in [-0.4, -0.2) is 4.98 Å². The highest BCUT2D eigenvalue weighted by Gasteiger charge is 2.19. The van der Waals surface area contributed by atoms with Crippen molar-refractivity contribution < 1.29 is 13.2 Å². The molecule has 0 saturated heterocycles. The molecule has 0 atom stereocenters. The number of rotatable bonds is 2. The van der Waals surface area contributed by atoms with Crippen LogP contribution in [0, 0.1) is 24.2 Å². The zero-order chi connectivity index (χ0) is 10.7. The second-order valence-corrected chi connectivity index (χ2v) is 2.76. The van der Waals surface area contributed by atoms with Crippen LogP contribution in [0.4, 0.5) is 13.2 Å². The maximum atomic E-state index is 13.0. The van der Waals surface area contributed by atoms with Crippen molar-refractivity contribution in [1.29, 1.82) is 5.26 Å². The first-order chi connectivity index (χ1) is 6.56. The summed E-state index contributed by atoms with van der Waals surface area (Å²) in [4.78, 5) is 3.28. The van der Waals surface area contributed by atoms with Gasteiger partial charge in [-0.2, -0.15) is 9.65 Å². The monoisotopic (exact) mass is 200 g/mol. The number of nitriles is 1. The molecule has 0 aliphatic carbocycles. The molecule has 0 radical (unpaired) electrons. The molecular formula is C9H7F3N2. The van der Waals surface area contributed by atoms with Crippen molar-refractivity contribution in [3.05, 3.63) is 28.8 Å². The quantitative estimate of drug-likeness (QED) is 0.688. The average Bonchev–Trinajstić information content (AvgIpc) is 2.01. The van der Waals surface area contributed by atoms with Crippen LogP contribution < -0.4 is 0 Å². The highest BCUT2D eigenvalue weighted by molar-refractivity contribution is 5.30. The van der Waals surface area contributed by atoms with Gasteiger partial charge in [-0.3, -0.25) is 0 Å². The van der Waals surface area contributed by atoms with Crippen molar-refractivity contribution in [3.63, 3.8) is 0 Å². The standard InChI is InChI=1S/C9H7F3N2/c1-5-4-6(2-3-13)7(8(10)11)9(12)14-5/h4,8H,2H2,1H3. The van der Waals surface area contributed by atoms with Gasteiger partial charge in [0.1, 0.15) is 0 Å². The van der Waals surface area contributed by atoms with E-state index in [9.17, 15) is 13.2 Å². The van der Waals surface area contributed by atoms with Gasteiger partial charge in [0.15, 0.2) is 0 Å². The van der Waals surface area contributed by atoms with Crippen molar-refractivity contribution >= 4 is 0 Å². The van der Waals surface area contributed by atoms with Gasteiger partial charge in [-0.15, -0.1) is 0 Å². The minimum atomic E-state index is -2.94. The summed E-state index contributed by atoms with van der Waals surface area (Å²) < 4.78 is 37.7. The summed E-state index contributed by atoms with van der Waals surface area (Å²) in [6.45, 7) is 1.49. The topological polar surface area (TPSA) is 36.7 Å². The van der Waals surface area contributed by atoms with Crippen molar-refractivity contribution in [2.24, 2.45) is 0 Å². The van der Waals surface area contributed by atoms with Crippen LogP contribution in [0.5, 0.6) is 0 Å². The third kappa shape index (κ3) is 2.02. The maximum absolute atomic E-state index is 13.0. The number of hydrogen-bond donors (Lipinski definition) is 0. The predicted octanol–water partition coefficient (Wildman–Crippen LogP) is 2.53. The predicted molar refractivity (Wildman–Crippen MR) is 43.2 cm³/mol. The fourth-order valence-electron chi connectivity index (χ4n) is 1.17. The molecule has 0 aliphatic rings. The molecular weight excluding hydrogens is 193 g/mol. The van der Waals surface area contributed by atoms with Crippen LogP contribution in [0.1, 0.15) is 23.2 Å². The van der Waals surface area contributed by atoms with Crippen LogP contribution in [0.25, 0.3) is 0 Å². The van der Waals surface area contributed by atoms with E-state index in [0.29, 0.717) is 0 Å². The van der Waals surface area contributed by atoms with E-state index in [1.807, 2.05) is 0 Å². The Labute approximate surface area is 79.0 Å². The summed E-state index contributed by atoms with van der Waals surface area (Å²) in [7, 11) is 0. The summed E-state index contributed by atoms with van der Waals surface area (Å²) >= 11 is 0. The fraction of sp³-hybridized carbons (Fsp3) is 0.333. The van der Waals surface area contributed by atoms with E-state index in [-0.39, 0.29) is 17.7 Å². The molecule has 1 rings (SSSR count). The molecule has 1 aromatic rings. The number of alkyl halides is 2. The maximum Gasteiger partial charge on any atom is 0.268 e. The van der Waals surface area contributed by atoms with Gasteiger partial charge in [-0.1, -0.05) is 0 Å². The number of pyridine rings is 1. The normalized spacial score (nSPS) is 10.3. The molecule has 0 bridgehead atoms. The van der Waals surface area contributed by atoms with Gasteiger partial charge < -0.3 is 0 Å². The molecule has 0 fully saturated rings. The number of aryl methyl sites for hydroxylation is 1. The van der Waals surface area contributed by atoms with Gasteiger partial charge in [0, 0.05) is 5.69 Å². The van der Waals surface area contributed by atoms with Gasteiger partial charge in [0.25, 0.3) is 6.43 Å². The molecule has 0 unspecified atom stereocenters. The second kappa shape index (κ2) is 4.09. The lowest BCUT2D eigenvalue weighted by molar-refractivity contribution is 0.144. The molecule has 0 amide bonds. The third-order valence-corrected chi connectivity index (χ3v) is 1.71. The number of nitrogens with zero attached hydrogens (tertiary/aromatic N) is 2. The highest BCUT2D eigenvalue weighted by atomic mass is 19.3. The van der Waals surface area contributed by atoms with Gasteiger partial charge in [0.05, 0.1) is 18.1 Å². The van der Waals surface area contributed by atoms with E-state index >= 15 is 0 Å². The Kier molecular flexibility index (Phi) is 3.07. The van der Waals surface area contributed by atoms with Gasteiger partial charge in [-0.05, 0) is 18.6 Å². The fourth-order valence-corrected chi connectivity index (χ4v) is 1.17. The van der Waals surface area contributed by atoms with E-state index in [0.717, 1.165) is 0 Å². The Morgan fingerprint density at radius 3 is 2.71 bits per heavy atom. The Morgan fingerprint density at radius 1 is 1.57 bits per heavy atom. The van der Waals surface area contributed by atoms with E-state index in [1.54, 1.807) is 6.07 Å². The Hall–Kier alpha value is -1.57. The van der Waals surface area contributed by atoms with E-state index in [2.05, 4.69) is 4.98 Å². The molecule has 0 spiro atoms.